The third-order valence-corrected chi connectivity index (χ3v) is 2.49. The summed E-state index contributed by atoms with van der Waals surface area (Å²) in [6, 6.07) is 6.69. The van der Waals surface area contributed by atoms with Crippen molar-refractivity contribution in [1.29, 1.82) is 0 Å². The summed E-state index contributed by atoms with van der Waals surface area (Å²) in [5, 5.41) is 0. The number of rotatable bonds is 5. The summed E-state index contributed by atoms with van der Waals surface area (Å²) in [6.45, 7) is 0.148. The fraction of sp³-hybridized carbons (Fsp3) is 0.273. The molecule has 0 saturated carbocycles. The molecular formula is C11H11BrO4. The van der Waals surface area contributed by atoms with Crippen LogP contribution in [0.25, 0.3) is 0 Å². The van der Waals surface area contributed by atoms with Gasteiger partial charge in [-0.15, -0.1) is 0 Å². The minimum Gasteiger partial charge on any atom is -0.492 e. The Morgan fingerprint density at radius 2 is 2.31 bits per heavy atom. The SMILES string of the molecule is COC(=O)C(Br)COc1cccc(C=O)c1. The molecule has 1 atom stereocenters. The Hall–Kier alpha value is -1.36. The summed E-state index contributed by atoms with van der Waals surface area (Å²) in [5.41, 5.74) is 0.529. The average molecular weight is 287 g/mol. The Morgan fingerprint density at radius 3 is 2.94 bits per heavy atom. The second-order valence-corrected chi connectivity index (χ2v) is 4.10. The normalized spacial score (nSPS) is 11.6. The van der Waals surface area contributed by atoms with Crippen LogP contribution in [0.4, 0.5) is 0 Å². The number of carbonyl (C=O) groups is 2. The van der Waals surface area contributed by atoms with Crippen molar-refractivity contribution in [3.05, 3.63) is 29.8 Å². The van der Waals surface area contributed by atoms with Crippen molar-refractivity contribution in [3.8, 4) is 5.75 Å². The molecule has 86 valence electrons. The third kappa shape index (κ3) is 3.66. The number of hydrogen-bond donors (Lipinski definition) is 0. The predicted octanol–water partition coefficient (Wildman–Crippen LogP) is 1.81. The second kappa shape index (κ2) is 6.27. The van der Waals surface area contributed by atoms with Gasteiger partial charge in [-0.1, -0.05) is 28.1 Å². The van der Waals surface area contributed by atoms with E-state index in [0.29, 0.717) is 11.3 Å². The lowest BCUT2D eigenvalue weighted by Gasteiger charge is -2.09. The molecule has 1 unspecified atom stereocenters. The zero-order valence-electron chi connectivity index (χ0n) is 8.68. The highest BCUT2D eigenvalue weighted by Crippen LogP contribution is 2.13. The first-order chi connectivity index (χ1) is 7.67. The Morgan fingerprint density at radius 1 is 1.56 bits per heavy atom. The van der Waals surface area contributed by atoms with E-state index in [1.165, 1.54) is 7.11 Å². The third-order valence-electron chi connectivity index (χ3n) is 1.85. The van der Waals surface area contributed by atoms with E-state index in [-0.39, 0.29) is 6.61 Å². The van der Waals surface area contributed by atoms with Crippen LogP contribution in [0, 0.1) is 0 Å². The van der Waals surface area contributed by atoms with E-state index in [0.717, 1.165) is 6.29 Å². The predicted molar refractivity (Wildman–Crippen MR) is 62.1 cm³/mol. The van der Waals surface area contributed by atoms with Crippen LogP contribution in [0.15, 0.2) is 24.3 Å². The maximum atomic E-state index is 11.1. The van der Waals surface area contributed by atoms with E-state index in [1.54, 1.807) is 24.3 Å². The van der Waals surface area contributed by atoms with Crippen molar-refractivity contribution < 1.29 is 19.1 Å². The lowest BCUT2D eigenvalue weighted by molar-refractivity contribution is -0.140. The molecule has 0 heterocycles. The quantitative estimate of drug-likeness (QED) is 0.471. The molecule has 0 N–H and O–H groups in total. The van der Waals surface area contributed by atoms with E-state index >= 15 is 0 Å². The minimum atomic E-state index is -0.516. The summed E-state index contributed by atoms with van der Waals surface area (Å²) < 4.78 is 9.85. The van der Waals surface area contributed by atoms with Crippen molar-refractivity contribution in [1.82, 2.24) is 0 Å². The number of alkyl halides is 1. The summed E-state index contributed by atoms with van der Waals surface area (Å²) >= 11 is 3.13. The van der Waals surface area contributed by atoms with Crippen molar-refractivity contribution in [2.45, 2.75) is 4.83 Å². The summed E-state index contributed by atoms with van der Waals surface area (Å²) in [4.78, 5) is 21.0. The van der Waals surface area contributed by atoms with Crippen LogP contribution in [-0.2, 0) is 9.53 Å². The molecule has 1 aromatic carbocycles. The van der Waals surface area contributed by atoms with Crippen LogP contribution in [0.1, 0.15) is 10.4 Å². The zero-order valence-corrected chi connectivity index (χ0v) is 10.3. The number of ether oxygens (including phenoxy) is 2. The average Bonchev–Trinajstić information content (AvgIpc) is 2.35. The monoisotopic (exact) mass is 286 g/mol. The molecule has 0 aliphatic heterocycles. The van der Waals surface area contributed by atoms with Gasteiger partial charge in [0.25, 0.3) is 0 Å². The van der Waals surface area contributed by atoms with Crippen LogP contribution in [0.2, 0.25) is 0 Å². The molecule has 0 amide bonds. The Kier molecular flexibility index (Phi) is 4.98. The van der Waals surface area contributed by atoms with Crippen LogP contribution in [-0.4, -0.2) is 30.8 Å². The fourth-order valence-electron chi connectivity index (χ4n) is 1.04. The molecule has 0 bridgehead atoms. The largest absolute Gasteiger partial charge is 0.492 e. The first-order valence-electron chi connectivity index (χ1n) is 4.57. The number of hydrogen-bond acceptors (Lipinski definition) is 4. The van der Waals surface area contributed by atoms with E-state index in [9.17, 15) is 9.59 Å². The summed E-state index contributed by atoms with van der Waals surface area (Å²) in [5.74, 6) is 0.143. The van der Waals surface area contributed by atoms with Gasteiger partial charge in [0, 0.05) is 5.56 Å². The lowest BCUT2D eigenvalue weighted by atomic mass is 10.2. The topological polar surface area (TPSA) is 52.6 Å². The number of halogens is 1. The van der Waals surface area contributed by atoms with Gasteiger partial charge in [-0.3, -0.25) is 9.59 Å². The van der Waals surface area contributed by atoms with E-state index in [2.05, 4.69) is 20.7 Å². The summed E-state index contributed by atoms with van der Waals surface area (Å²) in [7, 11) is 1.31. The highest BCUT2D eigenvalue weighted by Gasteiger charge is 2.15. The highest BCUT2D eigenvalue weighted by atomic mass is 79.9. The van der Waals surface area contributed by atoms with Gasteiger partial charge in [0.05, 0.1) is 7.11 Å². The van der Waals surface area contributed by atoms with Gasteiger partial charge in [0.1, 0.15) is 23.5 Å². The minimum absolute atomic E-state index is 0.148. The smallest absolute Gasteiger partial charge is 0.322 e. The molecule has 0 radical (unpaired) electrons. The van der Waals surface area contributed by atoms with Crippen molar-refractivity contribution in [3.63, 3.8) is 0 Å². The lowest BCUT2D eigenvalue weighted by Crippen LogP contribution is -2.22. The molecule has 0 fully saturated rings. The zero-order chi connectivity index (χ0) is 12.0. The molecule has 0 saturated heterocycles. The molecule has 5 heteroatoms. The molecule has 0 aliphatic carbocycles. The Labute approximate surface area is 102 Å². The van der Waals surface area contributed by atoms with Crippen LogP contribution >= 0.6 is 15.9 Å². The number of carbonyl (C=O) groups excluding carboxylic acids is 2. The van der Waals surface area contributed by atoms with Gasteiger partial charge in [-0.2, -0.15) is 0 Å². The first kappa shape index (κ1) is 12.7. The van der Waals surface area contributed by atoms with Gasteiger partial charge in [0.15, 0.2) is 0 Å². The molecule has 1 aromatic rings. The molecule has 0 aromatic heterocycles. The molecule has 16 heavy (non-hydrogen) atoms. The molecule has 0 aliphatic rings. The van der Waals surface area contributed by atoms with Gasteiger partial charge in [0.2, 0.25) is 0 Å². The Bertz CT molecular complexity index is 378. The van der Waals surface area contributed by atoms with Crippen molar-refractivity contribution >= 4 is 28.2 Å². The van der Waals surface area contributed by atoms with Crippen LogP contribution < -0.4 is 4.74 Å². The number of methoxy groups -OCH3 is 1. The van der Waals surface area contributed by atoms with Gasteiger partial charge in [-0.05, 0) is 12.1 Å². The number of benzene rings is 1. The molecular weight excluding hydrogens is 276 g/mol. The van der Waals surface area contributed by atoms with Gasteiger partial charge in [-0.25, -0.2) is 0 Å². The second-order valence-electron chi connectivity index (χ2n) is 2.99. The van der Waals surface area contributed by atoms with E-state index < -0.39 is 10.8 Å². The maximum Gasteiger partial charge on any atom is 0.322 e. The van der Waals surface area contributed by atoms with Crippen molar-refractivity contribution in [2.75, 3.05) is 13.7 Å². The number of esters is 1. The molecule has 4 nitrogen and oxygen atoms in total. The maximum absolute atomic E-state index is 11.1. The van der Waals surface area contributed by atoms with E-state index in [1.807, 2.05) is 0 Å². The van der Waals surface area contributed by atoms with Crippen molar-refractivity contribution in [2.24, 2.45) is 0 Å². The van der Waals surface area contributed by atoms with E-state index in [4.69, 9.17) is 4.74 Å². The van der Waals surface area contributed by atoms with Gasteiger partial charge >= 0.3 is 5.97 Å². The Balaban J connectivity index is 2.54. The highest BCUT2D eigenvalue weighted by molar-refractivity contribution is 9.10. The summed E-state index contributed by atoms with van der Waals surface area (Å²) in [6.07, 6.45) is 0.735. The standard InChI is InChI=1S/C11H11BrO4/c1-15-11(14)10(12)7-16-9-4-2-3-8(5-9)6-13/h2-6,10H,7H2,1H3. The number of aldehydes is 1. The van der Waals surface area contributed by atoms with Crippen LogP contribution in [0.3, 0.4) is 0 Å². The van der Waals surface area contributed by atoms with Gasteiger partial charge < -0.3 is 9.47 Å². The molecule has 1 rings (SSSR count). The van der Waals surface area contributed by atoms with Crippen LogP contribution in [0.5, 0.6) is 5.75 Å². The molecule has 0 spiro atoms. The first-order valence-corrected chi connectivity index (χ1v) is 5.49. The fourth-order valence-corrected chi connectivity index (χ4v) is 1.36.